The highest BCUT2D eigenvalue weighted by atomic mass is 16.3. The Morgan fingerprint density at radius 2 is 2.06 bits per heavy atom. The van der Waals surface area contributed by atoms with Crippen molar-refractivity contribution in [2.75, 3.05) is 19.7 Å². The quantitative estimate of drug-likeness (QED) is 0.802. The van der Waals surface area contributed by atoms with Crippen LogP contribution in [-0.2, 0) is 0 Å². The van der Waals surface area contributed by atoms with E-state index in [1.54, 1.807) is 0 Å². The van der Waals surface area contributed by atoms with Crippen LogP contribution in [0.25, 0.3) is 0 Å². The Morgan fingerprint density at radius 1 is 1.31 bits per heavy atom. The lowest BCUT2D eigenvalue weighted by Crippen LogP contribution is -2.36. The Hall–Kier alpha value is -0.900. The summed E-state index contributed by atoms with van der Waals surface area (Å²) in [5, 5.41) is 19.3. The molecule has 1 aromatic rings. The second kappa shape index (κ2) is 5.43. The van der Waals surface area contributed by atoms with Gasteiger partial charge in [-0.2, -0.15) is 0 Å². The molecule has 2 N–H and O–H groups in total. The SMILES string of the molecule is OCCN1CCCC1C(O)c1ccccc1. The number of hydrogen-bond donors (Lipinski definition) is 2. The summed E-state index contributed by atoms with van der Waals surface area (Å²) >= 11 is 0. The maximum atomic E-state index is 10.3. The number of rotatable bonds is 4. The van der Waals surface area contributed by atoms with E-state index in [-0.39, 0.29) is 12.6 Å². The average molecular weight is 221 g/mol. The molecule has 0 bridgehead atoms. The van der Waals surface area contributed by atoms with Crippen LogP contribution in [-0.4, -0.2) is 40.9 Å². The summed E-state index contributed by atoms with van der Waals surface area (Å²) in [6, 6.07) is 9.93. The second-order valence-electron chi connectivity index (χ2n) is 4.32. The lowest BCUT2D eigenvalue weighted by molar-refractivity contribution is 0.0632. The summed E-state index contributed by atoms with van der Waals surface area (Å²) in [6.07, 6.45) is 1.68. The van der Waals surface area contributed by atoms with Gasteiger partial charge in [-0.25, -0.2) is 0 Å². The van der Waals surface area contributed by atoms with E-state index in [1.807, 2.05) is 30.3 Å². The number of hydrogen-bond acceptors (Lipinski definition) is 3. The van der Waals surface area contributed by atoms with Crippen LogP contribution in [0.4, 0.5) is 0 Å². The van der Waals surface area contributed by atoms with Gasteiger partial charge in [0.15, 0.2) is 0 Å². The van der Waals surface area contributed by atoms with Gasteiger partial charge in [0.25, 0.3) is 0 Å². The zero-order valence-corrected chi connectivity index (χ0v) is 9.42. The second-order valence-corrected chi connectivity index (χ2v) is 4.32. The van der Waals surface area contributed by atoms with E-state index in [9.17, 15) is 5.11 Å². The number of likely N-dealkylation sites (tertiary alicyclic amines) is 1. The summed E-state index contributed by atoms with van der Waals surface area (Å²) in [5.41, 5.74) is 0.970. The smallest absolute Gasteiger partial charge is 0.0945 e. The van der Waals surface area contributed by atoms with E-state index >= 15 is 0 Å². The van der Waals surface area contributed by atoms with Crippen molar-refractivity contribution in [3.05, 3.63) is 35.9 Å². The number of nitrogens with zero attached hydrogens (tertiary/aromatic N) is 1. The lowest BCUT2D eigenvalue weighted by Gasteiger charge is -2.28. The fraction of sp³-hybridized carbons (Fsp3) is 0.538. The lowest BCUT2D eigenvalue weighted by atomic mass is 10.0. The first-order chi connectivity index (χ1) is 7.83. The first kappa shape index (κ1) is 11.6. The summed E-state index contributed by atoms with van der Waals surface area (Å²) in [6.45, 7) is 1.81. The number of β-amino-alcohol motifs (C(OH)–C–C–N with tert-alkyl or cyclic N) is 1. The maximum absolute atomic E-state index is 10.3. The van der Waals surface area contributed by atoms with Gasteiger partial charge in [0.05, 0.1) is 12.7 Å². The minimum Gasteiger partial charge on any atom is -0.395 e. The normalized spacial score (nSPS) is 23.5. The molecular formula is C13H19NO2. The highest BCUT2D eigenvalue weighted by molar-refractivity contribution is 5.19. The summed E-state index contributed by atoms with van der Waals surface area (Å²) < 4.78 is 0. The van der Waals surface area contributed by atoms with Crippen LogP contribution in [0.5, 0.6) is 0 Å². The summed E-state index contributed by atoms with van der Waals surface area (Å²) in [7, 11) is 0. The Kier molecular flexibility index (Phi) is 3.93. The van der Waals surface area contributed by atoms with Crippen molar-refractivity contribution in [1.29, 1.82) is 0 Å². The molecule has 2 rings (SSSR count). The summed E-state index contributed by atoms with van der Waals surface area (Å²) in [5.74, 6) is 0. The molecule has 88 valence electrons. The van der Waals surface area contributed by atoms with Crippen LogP contribution in [0.15, 0.2) is 30.3 Å². The van der Waals surface area contributed by atoms with Crippen molar-refractivity contribution in [3.63, 3.8) is 0 Å². The van der Waals surface area contributed by atoms with Crippen LogP contribution in [0.3, 0.4) is 0 Å². The van der Waals surface area contributed by atoms with E-state index in [0.29, 0.717) is 6.54 Å². The van der Waals surface area contributed by atoms with E-state index in [1.165, 1.54) is 0 Å². The van der Waals surface area contributed by atoms with Gasteiger partial charge in [-0.15, -0.1) is 0 Å². The van der Waals surface area contributed by atoms with Crippen LogP contribution in [0.2, 0.25) is 0 Å². The Morgan fingerprint density at radius 3 is 2.75 bits per heavy atom. The van der Waals surface area contributed by atoms with E-state index in [4.69, 9.17) is 5.11 Å². The fourth-order valence-corrected chi connectivity index (χ4v) is 2.49. The van der Waals surface area contributed by atoms with E-state index < -0.39 is 6.10 Å². The van der Waals surface area contributed by atoms with Crippen molar-refractivity contribution in [3.8, 4) is 0 Å². The van der Waals surface area contributed by atoms with Crippen molar-refractivity contribution in [1.82, 2.24) is 4.90 Å². The summed E-state index contributed by atoms with van der Waals surface area (Å²) in [4.78, 5) is 2.18. The molecule has 16 heavy (non-hydrogen) atoms. The van der Waals surface area contributed by atoms with Crippen molar-refractivity contribution in [2.24, 2.45) is 0 Å². The topological polar surface area (TPSA) is 43.7 Å². The Balaban J connectivity index is 2.06. The highest BCUT2D eigenvalue weighted by Crippen LogP contribution is 2.28. The molecule has 1 aliphatic heterocycles. The third-order valence-electron chi connectivity index (χ3n) is 3.31. The van der Waals surface area contributed by atoms with Gasteiger partial charge in [-0.05, 0) is 24.9 Å². The molecule has 2 atom stereocenters. The van der Waals surface area contributed by atoms with Crippen LogP contribution < -0.4 is 0 Å². The minimum absolute atomic E-state index is 0.162. The molecular weight excluding hydrogens is 202 g/mol. The molecule has 1 heterocycles. The molecule has 0 spiro atoms. The van der Waals surface area contributed by atoms with Crippen LogP contribution in [0.1, 0.15) is 24.5 Å². The molecule has 0 aliphatic carbocycles. The van der Waals surface area contributed by atoms with Gasteiger partial charge in [0.2, 0.25) is 0 Å². The first-order valence-corrected chi connectivity index (χ1v) is 5.91. The van der Waals surface area contributed by atoms with E-state index in [0.717, 1.165) is 24.9 Å². The molecule has 1 saturated heterocycles. The third-order valence-corrected chi connectivity index (χ3v) is 3.31. The molecule has 0 radical (unpaired) electrons. The monoisotopic (exact) mass is 221 g/mol. The number of aliphatic hydroxyl groups is 2. The molecule has 3 nitrogen and oxygen atoms in total. The maximum Gasteiger partial charge on any atom is 0.0945 e. The largest absolute Gasteiger partial charge is 0.395 e. The molecule has 2 unspecified atom stereocenters. The predicted molar refractivity (Wildman–Crippen MR) is 63.1 cm³/mol. The molecule has 1 aliphatic rings. The molecule has 0 saturated carbocycles. The highest BCUT2D eigenvalue weighted by Gasteiger charge is 2.30. The zero-order valence-electron chi connectivity index (χ0n) is 9.42. The first-order valence-electron chi connectivity index (χ1n) is 5.91. The van der Waals surface area contributed by atoms with Gasteiger partial charge < -0.3 is 10.2 Å². The molecule has 0 amide bonds. The minimum atomic E-state index is -0.435. The molecule has 1 aromatic carbocycles. The molecule has 3 heteroatoms. The van der Waals surface area contributed by atoms with Crippen molar-refractivity contribution in [2.45, 2.75) is 25.0 Å². The standard InChI is InChI=1S/C13H19NO2/c15-10-9-14-8-4-7-12(14)13(16)11-5-2-1-3-6-11/h1-3,5-6,12-13,15-16H,4,7-10H2. The predicted octanol–water partition coefficient (Wildman–Crippen LogP) is 1.18. The fourth-order valence-electron chi connectivity index (χ4n) is 2.49. The van der Waals surface area contributed by atoms with Crippen molar-refractivity contribution >= 4 is 0 Å². The number of aliphatic hydroxyl groups excluding tert-OH is 2. The molecule has 0 aromatic heterocycles. The third kappa shape index (κ3) is 2.43. The van der Waals surface area contributed by atoms with Gasteiger partial charge in [-0.3, -0.25) is 4.90 Å². The van der Waals surface area contributed by atoms with E-state index in [2.05, 4.69) is 4.90 Å². The van der Waals surface area contributed by atoms with Gasteiger partial charge in [0.1, 0.15) is 0 Å². The van der Waals surface area contributed by atoms with Crippen LogP contribution >= 0.6 is 0 Å². The number of benzene rings is 1. The Bertz CT molecular complexity index is 315. The zero-order chi connectivity index (χ0) is 11.4. The van der Waals surface area contributed by atoms with Crippen molar-refractivity contribution < 1.29 is 10.2 Å². The van der Waals surface area contributed by atoms with Gasteiger partial charge >= 0.3 is 0 Å². The molecule has 1 fully saturated rings. The Labute approximate surface area is 96.3 Å². The van der Waals surface area contributed by atoms with Gasteiger partial charge in [0, 0.05) is 12.6 Å². The average Bonchev–Trinajstić information content (AvgIpc) is 2.78. The van der Waals surface area contributed by atoms with Gasteiger partial charge in [-0.1, -0.05) is 30.3 Å². The van der Waals surface area contributed by atoms with Crippen LogP contribution in [0, 0.1) is 0 Å².